The van der Waals surface area contributed by atoms with Crippen molar-refractivity contribution >= 4 is 17.5 Å². The molecule has 18 heavy (non-hydrogen) atoms. The van der Waals surface area contributed by atoms with Gasteiger partial charge in [-0.2, -0.15) is 15.0 Å². The minimum atomic E-state index is 0.123. The Labute approximate surface area is 111 Å². The highest BCUT2D eigenvalue weighted by Gasteiger charge is 2.13. The van der Waals surface area contributed by atoms with Gasteiger partial charge in [-0.25, -0.2) is 0 Å². The van der Waals surface area contributed by atoms with Gasteiger partial charge in [0.15, 0.2) is 0 Å². The van der Waals surface area contributed by atoms with Crippen molar-refractivity contribution in [3.05, 3.63) is 5.28 Å². The number of halogens is 1. The van der Waals surface area contributed by atoms with Gasteiger partial charge in [-0.1, -0.05) is 0 Å². The minimum Gasteiger partial charge on any atom is -0.467 e. The zero-order chi connectivity index (χ0) is 12.8. The van der Waals surface area contributed by atoms with Crippen molar-refractivity contribution < 1.29 is 9.47 Å². The molecule has 1 aromatic heterocycles. The molecular weight excluding hydrogens is 256 g/mol. The zero-order valence-electron chi connectivity index (χ0n) is 10.4. The lowest BCUT2D eigenvalue weighted by atomic mass is 10.1. The highest BCUT2D eigenvalue weighted by Crippen LogP contribution is 2.16. The average Bonchev–Trinajstić information content (AvgIpc) is 2.39. The number of hydrogen-bond donors (Lipinski definition) is 1. The smallest absolute Gasteiger partial charge is 0.322 e. The van der Waals surface area contributed by atoms with Gasteiger partial charge in [0.05, 0.1) is 13.2 Å². The standard InChI is InChI=1S/C11H17ClN4O2/c1-17-11-15-9(12)14-10(16-11)13-6-5-8-4-2-3-7-18-8/h8H,2-7H2,1H3,(H,13,14,15,16). The van der Waals surface area contributed by atoms with Crippen LogP contribution in [0.5, 0.6) is 6.01 Å². The van der Waals surface area contributed by atoms with Crippen molar-refractivity contribution in [2.75, 3.05) is 25.6 Å². The summed E-state index contributed by atoms with van der Waals surface area (Å²) in [6.45, 7) is 1.62. The highest BCUT2D eigenvalue weighted by atomic mass is 35.5. The van der Waals surface area contributed by atoms with Crippen LogP contribution >= 0.6 is 11.6 Å². The molecule has 1 saturated heterocycles. The Morgan fingerprint density at radius 3 is 3.00 bits per heavy atom. The van der Waals surface area contributed by atoms with E-state index in [1.165, 1.54) is 20.0 Å². The molecule has 0 aromatic carbocycles. The number of nitrogens with zero attached hydrogens (tertiary/aromatic N) is 3. The Morgan fingerprint density at radius 1 is 1.39 bits per heavy atom. The van der Waals surface area contributed by atoms with Crippen molar-refractivity contribution in [2.24, 2.45) is 0 Å². The van der Waals surface area contributed by atoms with Crippen LogP contribution in [0.1, 0.15) is 25.7 Å². The van der Waals surface area contributed by atoms with E-state index < -0.39 is 0 Å². The largest absolute Gasteiger partial charge is 0.467 e. The predicted octanol–water partition coefficient (Wildman–Crippen LogP) is 1.90. The van der Waals surface area contributed by atoms with E-state index >= 15 is 0 Å². The van der Waals surface area contributed by atoms with Crippen molar-refractivity contribution in [1.82, 2.24) is 15.0 Å². The molecule has 0 amide bonds. The SMILES string of the molecule is COc1nc(Cl)nc(NCCC2CCCCO2)n1. The molecule has 1 unspecified atom stereocenters. The highest BCUT2D eigenvalue weighted by molar-refractivity contribution is 6.28. The number of nitrogens with one attached hydrogen (secondary N) is 1. The molecule has 0 aliphatic carbocycles. The maximum Gasteiger partial charge on any atom is 0.322 e. The van der Waals surface area contributed by atoms with Crippen LogP contribution in [0.15, 0.2) is 0 Å². The second kappa shape index (κ2) is 6.70. The first kappa shape index (κ1) is 13.3. The molecule has 7 heteroatoms. The summed E-state index contributed by atoms with van der Waals surface area (Å²) in [5.74, 6) is 0.433. The molecule has 0 radical (unpaired) electrons. The molecule has 0 bridgehead atoms. The molecule has 0 saturated carbocycles. The van der Waals surface area contributed by atoms with Gasteiger partial charge in [-0.3, -0.25) is 0 Å². The van der Waals surface area contributed by atoms with E-state index in [1.807, 2.05) is 0 Å². The fourth-order valence-electron chi connectivity index (χ4n) is 1.88. The molecule has 6 nitrogen and oxygen atoms in total. The summed E-state index contributed by atoms with van der Waals surface area (Å²) >= 11 is 5.75. The van der Waals surface area contributed by atoms with Gasteiger partial charge in [0.25, 0.3) is 0 Å². The van der Waals surface area contributed by atoms with E-state index in [1.54, 1.807) is 0 Å². The fourth-order valence-corrected chi connectivity index (χ4v) is 2.03. The van der Waals surface area contributed by atoms with Crippen molar-refractivity contribution in [1.29, 1.82) is 0 Å². The van der Waals surface area contributed by atoms with Gasteiger partial charge in [0.1, 0.15) is 0 Å². The minimum absolute atomic E-state index is 0.123. The van der Waals surface area contributed by atoms with Crippen LogP contribution in [0.3, 0.4) is 0 Å². The first-order valence-electron chi connectivity index (χ1n) is 6.09. The quantitative estimate of drug-likeness (QED) is 0.883. The van der Waals surface area contributed by atoms with Gasteiger partial charge >= 0.3 is 6.01 Å². The molecular formula is C11H17ClN4O2. The Morgan fingerprint density at radius 2 is 2.28 bits per heavy atom. The summed E-state index contributed by atoms with van der Waals surface area (Å²) in [4.78, 5) is 11.8. The Kier molecular flexibility index (Phi) is 4.95. The molecule has 2 rings (SSSR count). The van der Waals surface area contributed by atoms with E-state index in [0.717, 1.165) is 26.0 Å². The second-order valence-electron chi connectivity index (χ2n) is 4.12. The predicted molar refractivity (Wildman–Crippen MR) is 68.1 cm³/mol. The fraction of sp³-hybridized carbons (Fsp3) is 0.727. The van der Waals surface area contributed by atoms with Crippen LogP contribution in [0, 0.1) is 0 Å². The number of hydrogen-bond acceptors (Lipinski definition) is 6. The molecule has 100 valence electrons. The van der Waals surface area contributed by atoms with E-state index in [0.29, 0.717) is 12.1 Å². The molecule has 1 aliphatic heterocycles. The number of rotatable bonds is 5. The van der Waals surface area contributed by atoms with Crippen LogP contribution in [0.25, 0.3) is 0 Å². The number of methoxy groups -OCH3 is 1. The molecule has 1 atom stereocenters. The summed E-state index contributed by atoms with van der Waals surface area (Å²) in [5.41, 5.74) is 0. The summed E-state index contributed by atoms with van der Waals surface area (Å²) in [6.07, 6.45) is 4.82. The summed E-state index contributed by atoms with van der Waals surface area (Å²) in [5, 5.41) is 3.22. The molecule has 1 N–H and O–H groups in total. The maximum atomic E-state index is 5.75. The maximum absolute atomic E-state index is 5.75. The topological polar surface area (TPSA) is 69.2 Å². The van der Waals surface area contributed by atoms with Gasteiger partial charge in [-0.05, 0) is 37.3 Å². The second-order valence-corrected chi connectivity index (χ2v) is 4.46. The number of ether oxygens (including phenoxy) is 2. The van der Waals surface area contributed by atoms with Crippen molar-refractivity contribution in [2.45, 2.75) is 31.8 Å². The Bertz CT molecular complexity index is 385. The van der Waals surface area contributed by atoms with Gasteiger partial charge in [-0.15, -0.1) is 0 Å². The lowest BCUT2D eigenvalue weighted by Gasteiger charge is -2.22. The zero-order valence-corrected chi connectivity index (χ0v) is 11.1. The first-order chi connectivity index (χ1) is 8.78. The number of anilines is 1. The lowest BCUT2D eigenvalue weighted by molar-refractivity contribution is 0.0134. The van der Waals surface area contributed by atoms with Crippen LogP contribution in [-0.4, -0.2) is 41.3 Å². The van der Waals surface area contributed by atoms with Gasteiger partial charge < -0.3 is 14.8 Å². The van der Waals surface area contributed by atoms with E-state index in [4.69, 9.17) is 21.1 Å². The third-order valence-electron chi connectivity index (χ3n) is 2.79. The summed E-state index contributed by atoms with van der Waals surface area (Å²) in [6, 6.07) is 0.214. The van der Waals surface area contributed by atoms with Crippen LogP contribution in [0.2, 0.25) is 5.28 Å². The van der Waals surface area contributed by atoms with Gasteiger partial charge in [0.2, 0.25) is 11.2 Å². The molecule has 1 aliphatic rings. The third kappa shape index (κ3) is 3.96. The van der Waals surface area contributed by atoms with Gasteiger partial charge in [0, 0.05) is 13.2 Å². The average molecular weight is 273 g/mol. The molecule has 0 spiro atoms. The Balaban J connectivity index is 1.80. The Hall–Kier alpha value is -1.14. The van der Waals surface area contributed by atoms with Crippen LogP contribution in [-0.2, 0) is 4.74 Å². The van der Waals surface area contributed by atoms with E-state index in [2.05, 4.69) is 20.3 Å². The summed E-state index contributed by atoms with van der Waals surface area (Å²) in [7, 11) is 1.49. The summed E-state index contributed by atoms with van der Waals surface area (Å²) < 4.78 is 10.6. The lowest BCUT2D eigenvalue weighted by Crippen LogP contribution is -2.22. The van der Waals surface area contributed by atoms with E-state index in [9.17, 15) is 0 Å². The molecule has 1 aromatic rings. The monoisotopic (exact) mass is 272 g/mol. The van der Waals surface area contributed by atoms with Crippen LogP contribution < -0.4 is 10.1 Å². The first-order valence-corrected chi connectivity index (χ1v) is 6.47. The van der Waals surface area contributed by atoms with Crippen molar-refractivity contribution in [3.63, 3.8) is 0 Å². The van der Waals surface area contributed by atoms with Crippen molar-refractivity contribution in [3.8, 4) is 6.01 Å². The molecule has 1 fully saturated rings. The molecule has 2 heterocycles. The third-order valence-corrected chi connectivity index (χ3v) is 2.96. The van der Waals surface area contributed by atoms with Crippen LogP contribution in [0.4, 0.5) is 5.95 Å². The normalized spacial score (nSPS) is 19.6. The number of aromatic nitrogens is 3. The van der Waals surface area contributed by atoms with E-state index in [-0.39, 0.29) is 11.3 Å².